The Kier molecular flexibility index (Phi) is 13.8. The van der Waals surface area contributed by atoms with E-state index in [0.29, 0.717) is 56.0 Å². The van der Waals surface area contributed by atoms with Gasteiger partial charge in [-0.15, -0.1) is 0 Å². The highest BCUT2D eigenvalue weighted by molar-refractivity contribution is 6.39. The molecule has 1 atom stereocenters. The van der Waals surface area contributed by atoms with E-state index in [1.807, 2.05) is 59.7 Å². The highest BCUT2D eigenvalue weighted by atomic mass is 35.5. The molecular formula is C42H56Cl2N4O7. The van der Waals surface area contributed by atoms with E-state index >= 15 is 0 Å². The lowest BCUT2D eigenvalue weighted by Gasteiger charge is -2.36. The molecule has 300 valence electrons. The standard InChI is InChI=1S/C42H56Cl2N4O7/c1-25-30(35(42(8,9)38(50)52-10)28-13-12-27-16-18-47(23-29(27)22-28)39(51)55-41(5,6)7)14-15-33(36(25)45)48(46)17-11-19-53-24-26-20-31(43)34(32(44)21-26)37(49)54-40(2,3)4/h12-15,20-22,35H,11,16-19,23-24,45-46H2,1-10H3. The van der Waals surface area contributed by atoms with Crippen LogP contribution in [0.5, 0.6) is 0 Å². The van der Waals surface area contributed by atoms with Gasteiger partial charge >= 0.3 is 18.0 Å². The Hall–Kier alpha value is -4.03. The van der Waals surface area contributed by atoms with Gasteiger partial charge in [0, 0.05) is 32.2 Å². The number of nitrogen functional groups attached to an aromatic ring is 1. The van der Waals surface area contributed by atoms with Crippen LogP contribution in [0.4, 0.5) is 16.2 Å². The third-order valence-electron chi connectivity index (χ3n) is 9.48. The van der Waals surface area contributed by atoms with Crippen molar-refractivity contribution in [3.05, 3.63) is 91.5 Å². The Morgan fingerprint density at radius 2 is 1.55 bits per heavy atom. The molecule has 0 aliphatic carbocycles. The number of ether oxygens (including phenoxy) is 4. The van der Waals surface area contributed by atoms with Crippen molar-refractivity contribution in [2.24, 2.45) is 11.3 Å². The summed E-state index contributed by atoms with van der Waals surface area (Å²) < 4.78 is 22.3. The Balaban J connectivity index is 1.49. The number of methoxy groups -OCH3 is 1. The lowest BCUT2D eigenvalue weighted by molar-refractivity contribution is -0.151. The van der Waals surface area contributed by atoms with Crippen molar-refractivity contribution in [2.75, 3.05) is 37.5 Å². The van der Waals surface area contributed by atoms with Crippen LogP contribution in [0.25, 0.3) is 0 Å². The van der Waals surface area contributed by atoms with Gasteiger partial charge in [-0.05, 0) is 127 Å². The summed E-state index contributed by atoms with van der Waals surface area (Å²) >= 11 is 12.8. The number of nitrogens with two attached hydrogens (primary N) is 2. The van der Waals surface area contributed by atoms with Crippen molar-refractivity contribution in [1.29, 1.82) is 0 Å². The monoisotopic (exact) mass is 798 g/mol. The number of amides is 1. The summed E-state index contributed by atoms with van der Waals surface area (Å²) in [6.07, 6.45) is 0.930. The molecule has 1 aliphatic heterocycles. The van der Waals surface area contributed by atoms with Gasteiger partial charge in [0.05, 0.1) is 46.1 Å². The summed E-state index contributed by atoms with van der Waals surface area (Å²) in [5.74, 6) is 5.15. The van der Waals surface area contributed by atoms with Gasteiger partial charge in [0.1, 0.15) is 11.2 Å². The number of nitrogens with zero attached hydrogens (tertiary/aromatic N) is 2. The van der Waals surface area contributed by atoms with Crippen LogP contribution in [-0.4, -0.2) is 60.9 Å². The van der Waals surface area contributed by atoms with Crippen molar-refractivity contribution in [3.63, 3.8) is 0 Å². The summed E-state index contributed by atoms with van der Waals surface area (Å²) in [6, 6.07) is 13.3. The number of hydrogen-bond donors (Lipinski definition) is 2. The minimum atomic E-state index is -0.981. The fraction of sp³-hybridized carbons (Fsp3) is 0.500. The number of esters is 2. The number of hydrazine groups is 1. The molecule has 55 heavy (non-hydrogen) atoms. The van der Waals surface area contributed by atoms with E-state index in [1.165, 1.54) is 7.11 Å². The van der Waals surface area contributed by atoms with Crippen LogP contribution in [-0.2, 0) is 43.3 Å². The zero-order chi connectivity index (χ0) is 41.0. The highest BCUT2D eigenvalue weighted by Crippen LogP contribution is 2.46. The second-order valence-electron chi connectivity index (χ2n) is 16.6. The highest BCUT2D eigenvalue weighted by Gasteiger charge is 2.41. The number of carbonyl (C=O) groups excluding carboxylic acids is 3. The van der Waals surface area contributed by atoms with Gasteiger partial charge in [-0.1, -0.05) is 47.5 Å². The molecule has 13 heteroatoms. The third-order valence-corrected chi connectivity index (χ3v) is 10.1. The predicted molar refractivity (Wildman–Crippen MR) is 217 cm³/mol. The maximum Gasteiger partial charge on any atom is 0.410 e. The van der Waals surface area contributed by atoms with Crippen LogP contribution in [0.3, 0.4) is 0 Å². The number of benzene rings is 3. The minimum Gasteiger partial charge on any atom is -0.469 e. The molecule has 4 N–H and O–H groups in total. The molecule has 1 aliphatic rings. The maximum absolute atomic E-state index is 13.3. The average Bonchev–Trinajstić information content (AvgIpc) is 3.07. The molecule has 0 bridgehead atoms. The first kappa shape index (κ1) is 43.7. The number of carbonyl (C=O) groups is 3. The number of rotatable bonds is 12. The van der Waals surface area contributed by atoms with Crippen LogP contribution in [0.15, 0.2) is 42.5 Å². The Labute approximate surface area is 335 Å². The fourth-order valence-electron chi connectivity index (χ4n) is 6.78. The van der Waals surface area contributed by atoms with Crippen molar-refractivity contribution < 1.29 is 33.3 Å². The molecule has 0 fully saturated rings. The van der Waals surface area contributed by atoms with Crippen LogP contribution in [0, 0.1) is 12.3 Å². The van der Waals surface area contributed by atoms with Crippen molar-refractivity contribution in [3.8, 4) is 0 Å². The molecule has 0 aromatic heterocycles. The fourth-order valence-corrected chi connectivity index (χ4v) is 7.47. The molecule has 1 unspecified atom stereocenters. The van der Waals surface area contributed by atoms with Gasteiger partial charge in [0.25, 0.3) is 0 Å². The minimum absolute atomic E-state index is 0.120. The van der Waals surface area contributed by atoms with Crippen molar-refractivity contribution >= 4 is 52.6 Å². The average molecular weight is 800 g/mol. The van der Waals surface area contributed by atoms with Gasteiger partial charge < -0.3 is 34.6 Å². The first-order valence-corrected chi connectivity index (χ1v) is 19.2. The lowest BCUT2D eigenvalue weighted by Crippen LogP contribution is -2.40. The summed E-state index contributed by atoms with van der Waals surface area (Å²) in [7, 11) is 1.39. The van der Waals surface area contributed by atoms with Crippen LogP contribution in [0.1, 0.15) is 111 Å². The maximum atomic E-state index is 13.3. The zero-order valence-corrected chi connectivity index (χ0v) is 35.2. The van der Waals surface area contributed by atoms with Gasteiger partial charge in [-0.25, -0.2) is 15.4 Å². The van der Waals surface area contributed by atoms with Gasteiger partial charge in [0.15, 0.2) is 0 Å². The molecule has 3 aromatic rings. The molecular weight excluding hydrogens is 743 g/mol. The van der Waals surface area contributed by atoms with E-state index in [2.05, 4.69) is 12.1 Å². The summed E-state index contributed by atoms with van der Waals surface area (Å²) in [5, 5.41) is 1.97. The summed E-state index contributed by atoms with van der Waals surface area (Å²) in [5.41, 5.74) is 11.2. The number of anilines is 2. The molecule has 0 saturated heterocycles. The predicted octanol–water partition coefficient (Wildman–Crippen LogP) is 8.75. The van der Waals surface area contributed by atoms with Crippen LogP contribution >= 0.6 is 23.2 Å². The number of fused-ring (bicyclic) bond motifs is 1. The SMILES string of the molecule is COC(=O)C(C)(C)C(c1ccc2c(c1)CN(C(=O)OC(C)(C)C)CC2)c1ccc(N(N)CCCOCc2cc(Cl)c(C(=O)OC(C)(C)C)c(Cl)c2)c(N)c1C. The van der Waals surface area contributed by atoms with Gasteiger partial charge in [-0.3, -0.25) is 4.79 Å². The van der Waals surface area contributed by atoms with Crippen molar-refractivity contribution in [1.82, 2.24) is 4.90 Å². The van der Waals surface area contributed by atoms with Gasteiger partial charge in [0.2, 0.25) is 0 Å². The van der Waals surface area contributed by atoms with E-state index in [-0.39, 0.29) is 34.3 Å². The molecule has 11 nitrogen and oxygen atoms in total. The molecule has 0 saturated carbocycles. The van der Waals surface area contributed by atoms with Crippen LogP contribution < -0.4 is 16.6 Å². The van der Waals surface area contributed by atoms with Crippen molar-refractivity contribution in [2.45, 2.75) is 105 Å². The molecule has 4 rings (SSSR count). The zero-order valence-electron chi connectivity index (χ0n) is 33.7. The van der Waals surface area contributed by atoms with Gasteiger partial charge in [-0.2, -0.15) is 0 Å². The van der Waals surface area contributed by atoms with E-state index in [9.17, 15) is 14.4 Å². The topological polar surface area (TPSA) is 147 Å². The van der Waals surface area contributed by atoms with E-state index < -0.39 is 28.5 Å². The van der Waals surface area contributed by atoms with Crippen LogP contribution in [0.2, 0.25) is 10.0 Å². The second kappa shape index (κ2) is 17.4. The summed E-state index contributed by atoms with van der Waals surface area (Å²) in [4.78, 5) is 40.6. The van der Waals surface area contributed by atoms with E-state index in [1.54, 1.807) is 42.8 Å². The normalized spacial score (nSPS) is 13.9. The largest absolute Gasteiger partial charge is 0.469 e. The molecule has 0 spiro atoms. The van der Waals surface area contributed by atoms with E-state index in [0.717, 1.165) is 27.8 Å². The number of halogens is 2. The Morgan fingerprint density at radius 1 is 0.909 bits per heavy atom. The smallest absolute Gasteiger partial charge is 0.410 e. The third kappa shape index (κ3) is 10.8. The molecule has 1 amide bonds. The lowest BCUT2D eigenvalue weighted by atomic mass is 9.69. The molecule has 3 aromatic carbocycles. The molecule has 0 radical (unpaired) electrons. The Morgan fingerprint density at radius 3 is 2.15 bits per heavy atom. The first-order valence-electron chi connectivity index (χ1n) is 18.4. The quantitative estimate of drug-likeness (QED) is 0.0455. The Bertz CT molecular complexity index is 1880. The summed E-state index contributed by atoms with van der Waals surface area (Å²) in [6.45, 7) is 18.6. The van der Waals surface area contributed by atoms with E-state index in [4.69, 9.17) is 53.7 Å². The number of hydrogen-bond acceptors (Lipinski definition) is 10. The molecule has 1 heterocycles. The first-order chi connectivity index (χ1) is 25.5. The second-order valence-corrected chi connectivity index (χ2v) is 17.4.